The zero-order chi connectivity index (χ0) is 14.3. The van der Waals surface area contributed by atoms with Crippen LogP contribution in [0.3, 0.4) is 0 Å². The van der Waals surface area contributed by atoms with Gasteiger partial charge < -0.3 is 9.64 Å². The Morgan fingerprint density at radius 1 is 1.26 bits per heavy atom. The van der Waals surface area contributed by atoms with E-state index < -0.39 is 17.1 Å². The van der Waals surface area contributed by atoms with Gasteiger partial charge in [-0.15, -0.1) is 0 Å². The van der Waals surface area contributed by atoms with Gasteiger partial charge in [0.1, 0.15) is 11.0 Å². The van der Waals surface area contributed by atoms with Crippen molar-refractivity contribution in [3.63, 3.8) is 0 Å². The first-order valence-corrected chi connectivity index (χ1v) is 6.33. The minimum absolute atomic E-state index is 0.0690. The molecule has 0 saturated carbocycles. The van der Waals surface area contributed by atoms with E-state index >= 15 is 0 Å². The quantitative estimate of drug-likeness (QED) is 0.613. The highest BCUT2D eigenvalue weighted by Crippen LogP contribution is 2.33. The van der Waals surface area contributed by atoms with Crippen LogP contribution in [0.5, 0.6) is 0 Å². The van der Waals surface area contributed by atoms with Gasteiger partial charge in [-0.05, 0) is 33.6 Å². The van der Waals surface area contributed by atoms with E-state index in [0.717, 1.165) is 0 Å². The number of rotatable bonds is 0. The molecule has 106 valence electrons. The SMILES string of the molecule is CC(C)(C)OC(=O)N1CCCC2(C1)C(=O)NNC2=O. The number of carbonyl (C=O) groups excluding carboxylic acids is 3. The zero-order valence-electron chi connectivity index (χ0n) is 11.4. The third kappa shape index (κ3) is 2.50. The number of piperidine rings is 1. The third-order valence-corrected chi connectivity index (χ3v) is 3.30. The monoisotopic (exact) mass is 269 g/mol. The van der Waals surface area contributed by atoms with Crippen molar-refractivity contribution in [3.8, 4) is 0 Å². The lowest BCUT2D eigenvalue weighted by Gasteiger charge is -2.37. The van der Waals surface area contributed by atoms with Crippen molar-refractivity contribution < 1.29 is 19.1 Å². The lowest BCUT2D eigenvalue weighted by Crippen LogP contribution is -2.53. The van der Waals surface area contributed by atoms with Gasteiger partial charge >= 0.3 is 6.09 Å². The maximum Gasteiger partial charge on any atom is 0.410 e. The predicted octanol–water partition coefficient (Wildman–Crippen LogP) is 0.165. The molecule has 0 aromatic rings. The van der Waals surface area contributed by atoms with Gasteiger partial charge in [0.2, 0.25) is 0 Å². The van der Waals surface area contributed by atoms with Crippen molar-refractivity contribution >= 4 is 17.9 Å². The fourth-order valence-electron chi connectivity index (χ4n) is 2.36. The Balaban J connectivity index is 2.11. The van der Waals surface area contributed by atoms with Gasteiger partial charge in [0.05, 0.1) is 0 Å². The summed E-state index contributed by atoms with van der Waals surface area (Å²) in [6.07, 6.45) is 0.559. The molecule has 0 radical (unpaired) electrons. The number of hydrazine groups is 1. The molecule has 0 aliphatic carbocycles. The standard InChI is InChI=1S/C12H19N3O4/c1-11(2,3)19-10(18)15-6-4-5-12(7-15)8(16)13-14-9(12)17/h4-7H2,1-3H3,(H,13,16)(H,14,17). The molecular formula is C12H19N3O4. The topological polar surface area (TPSA) is 87.7 Å². The fourth-order valence-corrected chi connectivity index (χ4v) is 2.36. The summed E-state index contributed by atoms with van der Waals surface area (Å²) in [5, 5.41) is 0. The van der Waals surface area contributed by atoms with Crippen molar-refractivity contribution in [2.75, 3.05) is 13.1 Å². The number of nitrogens with zero attached hydrogens (tertiary/aromatic N) is 1. The molecule has 2 rings (SSSR count). The van der Waals surface area contributed by atoms with Crippen LogP contribution in [-0.4, -0.2) is 41.5 Å². The molecule has 0 bridgehead atoms. The van der Waals surface area contributed by atoms with Crippen molar-refractivity contribution in [1.29, 1.82) is 0 Å². The van der Waals surface area contributed by atoms with Crippen LogP contribution in [0.15, 0.2) is 0 Å². The van der Waals surface area contributed by atoms with Gasteiger partial charge in [-0.3, -0.25) is 20.4 Å². The lowest BCUT2D eigenvalue weighted by atomic mass is 9.79. The highest BCUT2D eigenvalue weighted by Gasteiger charge is 2.53. The van der Waals surface area contributed by atoms with Crippen LogP contribution in [0, 0.1) is 5.41 Å². The average molecular weight is 269 g/mol. The molecule has 2 aliphatic heterocycles. The van der Waals surface area contributed by atoms with Crippen molar-refractivity contribution in [2.24, 2.45) is 5.41 Å². The smallest absolute Gasteiger partial charge is 0.410 e. The Morgan fingerprint density at radius 2 is 1.84 bits per heavy atom. The van der Waals surface area contributed by atoms with Crippen LogP contribution in [0.4, 0.5) is 4.79 Å². The molecule has 2 heterocycles. The number of hydrogen-bond acceptors (Lipinski definition) is 4. The third-order valence-electron chi connectivity index (χ3n) is 3.30. The van der Waals surface area contributed by atoms with E-state index in [9.17, 15) is 14.4 Å². The number of nitrogens with one attached hydrogen (secondary N) is 2. The summed E-state index contributed by atoms with van der Waals surface area (Å²) in [6.45, 7) is 5.90. The average Bonchev–Trinajstić information content (AvgIpc) is 2.56. The van der Waals surface area contributed by atoms with E-state index in [2.05, 4.69) is 10.9 Å². The summed E-state index contributed by atoms with van der Waals surface area (Å²) in [4.78, 5) is 37.1. The summed E-state index contributed by atoms with van der Waals surface area (Å²) in [6, 6.07) is 0. The number of amides is 3. The fraction of sp³-hybridized carbons (Fsp3) is 0.750. The van der Waals surface area contributed by atoms with E-state index in [4.69, 9.17) is 4.74 Å². The first-order chi connectivity index (χ1) is 8.74. The second-order valence-electron chi connectivity index (χ2n) is 6.00. The zero-order valence-corrected chi connectivity index (χ0v) is 11.4. The molecule has 2 fully saturated rings. The number of ether oxygens (including phenoxy) is 1. The second kappa shape index (κ2) is 4.40. The summed E-state index contributed by atoms with van der Waals surface area (Å²) in [5.41, 5.74) is 2.89. The number of carbonyl (C=O) groups is 3. The Morgan fingerprint density at radius 3 is 2.37 bits per heavy atom. The van der Waals surface area contributed by atoms with Crippen LogP contribution in [0.1, 0.15) is 33.6 Å². The molecule has 19 heavy (non-hydrogen) atoms. The molecule has 1 spiro atoms. The van der Waals surface area contributed by atoms with Crippen molar-refractivity contribution in [3.05, 3.63) is 0 Å². The molecule has 7 heteroatoms. The summed E-state index contributed by atoms with van der Waals surface area (Å²) >= 11 is 0. The van der Waals surface area contributed by atoms with E-state index in [-0.39, 0.29) is 18.4 Å². The molecule has 3 amide bonds. The van der Waals surface area contributed by atoms with E-state index in [1.807, 2.05) is 0 Å². The van der Waals surface area contributed by atoms with Gasteiger partial charge in [0.25, 0.3) is 11.8 Å². The van der Waals surface area contributed by atoms with Crippen LogP contribution in [0.2, 0.25) is 0 Å². The van der Waals surface area contributed by atoms with E-state index in [1.54, 1.807) is 20.8 Å². The highest BCUT2D eigenvalue weighted by molar-refractivity contribution is 6.10. The first kappa shape index (κ1) is 13.6. The van der Waals surface area contributed by atoms with Gasteiger partial charge in [0.15, 0.2) is 0 Å². The van der Waals surface area contributed by atoms with Crippen LogP contribution >= 0.6 is 0 Å². The number of likely N-dealkylation sites (tertiary alicyclic amines) is 1. The molecule has 0 unspecified atom stereocenters. The molecular weight excluding hydrogens is 250 g/mol. The maximum absolute atomic E-state index is 12.0. The van der Waals surface area contributed by atoms with E-state index in [1.165, 1.54) is 4.90 Å². The van der Waals surface area contributed by atoms with E-state index in [0.29, 0.717) is 19.4 Å². The van der Waals surface area contributed by atoms with Gasteiger partial charge in [-0.25, -0.2) is 4.79 Å². The molecule has 2 saturated heterocycles. The van der Waals surface area contributed by atoms with Gasteiger partial charge in [-0.2, -0.15) is 0 Å². The molecule has 0 aromatic carbocycles. The minimum Gasteiger partial charge on any atom is -0.444 e. The largest absolute Gasteiger partial charge is 0.444 e. The predicted molar refractivity (Wildman–Crippen MR) is 65.8 cm³/mol. The van der Waals surface area contributed by atoms with Crippen molar-refractivity contribution in [2.45, 2.75) is 39.2 Å². The Bertz CT molecular complexity index is 411. The molecule has 2 N–H and O–H groups in total. The molecule has 7 nitrogen and oxygen atoms in total. The Hall–Kier alpha value is -1.79. The molecule has 0 aromatic heterocycles. The number of hydrogen-bond donors (Lipinski definition) is 2. The molecule has 2 aliphatic rings. The minimum atomic E-state index is -1.16. The van der Waals surface area contributed by atoms with Crippen LogP contribution in [-0.2, 0) is 14.3 Å². The summed E-state index contributed by atoms with van der Waals surface area (Å²) in [5.74, 6) is -0.739. The van der Waals surface area contributed by atoms with Crippen molar-refractivity contribution in [1.82, 2.24) is 15.8 Å². The summed E-state index contributed by atoms with van der Waals surface area (Å²) < 4.78 is 5.27. The highest BCUT2D eigenvalue weighted by atomic mass is 16.6. The lowest BCUT2D eigenvalue weighted by molar-refractivity contribution is -0.139. The first-order valence-electron chi connectivity index (χ1n) is 6.33. The van der Waals surface area contributed by atoms with Crippen LogP contribution in [0.25, 0.3) is 0 Å². The Kier molecular flexibility index (Phi) is 3.15. The van der Waals surface area contributed by atoms with Gasteiger partial charge in [0, 0.05) is 13.1 Å². The van der Waals surface area contributed by atoms with Crippen LogP contribution < -0.4 is 10.9 Å². The normalized spacial score (nSPS) is 22.2. The molecule has 0 atom stereocenters. The second-order valence-corrected chi connectivity index (χ2v) is 6.00. The summed E-state index contributed by atoms with van der Waals surface area (Å²) in [7, 11) is 0. The van der Waals surface area contributed by atoms with Gasteiger partial charge in [-0.1, -0.05) is 0 Å². The Labute approximate surface area is 111 Å². The maximum atomic E-state index is 12.0.